The molecule has 0 heterocycles. The second-order valence-corrected chi connectivity index (χ2v) is 4.48. The third kappa shape index (κ3) is 79.2. The molecule has 12 heteroatoms. The van der Waals surface area contributed by atoms with Crippen LogP contribution in [0, 0.1) is 0 Å². The fourth-order valence-electron chi connectivity index (χ4n) is 0. The van der Waals surface area contributed by atoms with Gasteiger partial charge in [0.1, 0.15) is 0 Å². The van der Waals surface area contributed by atoms with Crippen molar-refractivity contribution in [3.8, 4) is 0 Å². The van der Waals surface area contributed by atoms with Crippen LogP contribution in [0.1, 0.15) is 6.92 Å². The summed E-state index contributed by atoms with van der Waals surface area (Å²) in [4.78, 5) is 37.4. The van der Waals surface area contributed by atoms with Crippen LogP contribution in [0.3, 0.4) is 0 Å². The molecule has 0 aliphatic carbocycles. The van der Waals surface area contributed by atoms with Crippen molar-refractivity contribution in [3.05, 3.63) is 0 Å². The van der Waals surface area contributed by atoms with Crippen LogP contribution in [0.5, 0.6) is 0 Å². The molecule has 0 saturated carbocycles. The van der Waals surface area contributed by atoms with Crippen LogP contribution < -0.4 is 0 Å². The number of rotatable bonds is 1. The van der Waals surface area contributed by atoms with E-state index in [0.717, 1.165) is 0 Å². The molecule has 0 unspecified atom stereocenters. The van der Waals surface area contributed by atoms with Gasteiger partial charge >= 0.3 is 104 Å². The molecule has 0 rings (SSSR count). The first-order chi connectivity index (χ1) is 4.56. The van der Waals surface area contributed by atoms with Gasteiger partial charge in [-0.1, -0.05) is 6.92 Å². The Morgan fingerprint density at radius 2 is 0.929 bits per heavy atom. The molecule has 0 aromatic heterocycles. The minimum absolute atomic E-state index is 0. The van der Waals surface area contributed by atoms with Crippen molar-refractivity contribution in [2.45, 2.75) is 6.92 Å². The van der Waals surface area contributed by atoms with Gasteiger partial charge in [-0.15, -0.1) is 0 Å². The minimum atomic E-state index is -4.64. The molecule has 0 saturated heterocycles. The van der Waals surface area contributed by atoms with Gasteiger partial charge in [0.15, 0.2) is 0 Å². The topological polar surface area (TPSA) is 135 Å². The van der Waals surface area contributed by atoms with E-state index in [-0.39, 0.29) is 94.8 Å². The Kier molecular flexibility index (Phi) is 31.1. The zero-order chi connectivity index (χ0) is 9.71. The standard InChI is InChI=1S/C2H7O3P.3Na.H3O4P.3H/c1-2-6(3,4)5;;;;1-5(2,3)4;;;/h2H2,1H3,(H2,3,4,5);;;;(H3,1,2,3,4);;;. The van der Waals surface area contributed by atoms with Crippen LogP contribution in [-0.2, 0) is 9.13 Å². The average Bonchev–Trinajstić information content (AvgIpc) is 1.59. The molecule has 14 heavy (non-hydrogen) atoms. The quantitative estimate of drug-likeness (QED) is 0.260. The van der Waals surface area contributed by atoms with Crippen LogP contribution in [-0.4, -0.2) is 119 Å². The van der Waals surface area contributed by atoms with Gasteiger partial charge in [-0.3, -0.25) is 4.57 Å². The van der Waals surface area contributed by atoms with E-state index in [1.54, 1.807) is 0 Å². The van der Waals surface area contributed by atoms with Gasteiger partial charge in [0.25, 0.3) is 0 Å². The molecule has 0 spiro atoms. The Morgan fingerprint density at radius 3 is 0.929 bits per heavy atom. The molecule has 5 N–H and O–H groups in total. The van der Waals surface area contributed by atoms with E-state index in [4.69, 9.17) is 29.0 Å². The van der Waals surface area contributed by atoms with Gasteiger partial charge in [-0.25, -0.2) is 4.57 Å². The SMILES string of the molecule is CCP(=O)(O)O.O=P(O)(O)O.[NaH].[NaH].[NaH]. The fourth-order valence-corrected chi connectivity index (χ4v) is 0. The average molecular weight is 280 g/mol. The van der Waals surface area contributed by atoms with Crippen molar-refractivity contribution < 1.29 is 33.6 Å². The Bertz CT molecular complexity index is 177. The summed E-state index contributed by atoms with van der Waals surface area (Å²) in [6, 6.07) is 0. The Morgan fingerprint density at radius 1 is 0.857 bits per heavy atom. The third-order valence-electron chi connectivity index (χ3n) is 0.412. The fraction of sp³-hybridized carbons (Fsp3) is 1.00. The van der Waals surface area contributed by atoms with Crippen molar-refractivity contribution in [1.29, 1.82) is 0 Å². The van der Waals surface area contributed by atoms with Gasteiger partial charge in [-0.05, 0) is 0 Å². The summed E-state index contributed by atoms with van der Waals surface area (Å²) in [5.74, 6) is 0. The van der Waals surface area contributed by atoms with E-state index >= 15 is 0 Å². The van der Waals surface area contributed by atoms with E-state index in [2.05, 4.69) is 0 Å². The number of hydrogen-bond acceptors (Lipinski definition) is 2. The summed E-state index contributed by atoms with van der Waals surface area (Å²) >= 11 is 0. The molecule has 0 bridgehead atoms. The number of phosphoric acid groups is 1. The van der Waals surface area contributed by atoms with Crippen LogP contribution >= 0.6 is 15.4 Å². The van der Waals surface area contributed by atoms with E-state index in [1.807, 2.05) is 0 Å². The summed E-state index contributed by atoms with van der Waals surface area (Å²) in [5, 5.41) is 0. The second-order valence-electron chi connectivity index (χ2n) is 1.49. The van der Waals surface area contributed by atoms with Crippen molar-refractivity contribution >= 4 is 104 Å². The molecule has 0 radical (unpaired) electrons. The van der Waals surface area contributed by atoms with Gasteiger partial charge in [0.05, 0.1) is 0 Å². The van der Waals surface area contributed by atoms with Gasteiger partial charge < -0.3 is 24.5 Å². The van der Waals surface area contributed by atoms with Gasteiger partial charge in [0, 0.05) is 6.16 Å². The zero-order valence-corrected chi connectivity index (χ0v) is 7.44. The van der Waals surface area contributed by atoms with Gasteiger partial charge in [-0.2, -0.15) is 0 Å². The molecule has 0 amide bonds. The maximum absolute atomic E-state index is 9.69. The molecule has 0 aromatic carbocycles. The first-order valence-electron chi connectivity index (χ1n) is 2.39. The molecular formula is C2H13Na3O7P2. The van der Waals surface area contributed by atoms with Crippen molar-refractivity contribution in [2.24, 2.45) is 0 Å². The summed E-state index contributed by atoms with van der Waals surface area (Å²) in [6.45, 7) is 1.45. The summed E-state index contributed by atoms with van der Waals surface area (Å²) < 4.78 is 18.6. The molecule has 7 nitrogen and oxygen atoms in total. The zero-order valence-electron chi connectivity index (χ0n) is 5.65. The van der Waals surface area contributed by atoms with Gasteiger partial charge in [0.2, 0.25) is 0 Å². The Hall–Kier alpha value is 3.26. The number of hydrogen-bond donors (Lipinski definition) is 5. The third-order valence-corrected chi connectivity index (χ3v) is 1.24. The van der Waals surface area contributed by atoms with E-state index < -0.39 is 15.4 Å². The molecule has 0 aliphatic rings. The molecule has 0 fully saturated rings. The Labute approximate surface area is 148 Å². The molecule has 0 aliphatic heterocycles. The Balaban J connectivity index is -0.0000000321. The second kappa shape index (κ2) is 14.3. The summed E-state index contributed by atoms with van der Waals surface area (Å²) in [6.07, 6.45) is -0.0625. The van der Waals surface area contributed by atoms with E-state index in [9.17, 15) is 4.57 Å². The predicted octanol–water partition coefficient (Wildman–Crippen LogP) is -2.69. The van der Waals surface area contributed by atoms with Crippen molar-refractivity contribution in [2.75, 3.05) is 6.16 Å². The molecule has 76 valence electrons. The van der Waals surface area contributed by atoms with Crippen LogP contribution in [0.4, 0.5) is 0 Å². The van der Waals surface area contributed by atoms with Crippen LogP contribution in [0.25, 0.3) is 0 Å². The maximum atomic E-state index is 9.69. The molecular weight excluding hydrogens is 267 g/mol. The molecule has 0 aromatic rings. The van der Waals surface area contributed by atoms with Crippen molar-refractivity contribution in [1.82, 2.24) is 0 Å². The predicted molar refractivity (Wildman–Crippen MR) is 58.3 cm³/mol. The summed E-state index contributed by atoms with van der Waals surface area (Å²) in [7, 11) is -8.29. The summed E-state index contributed by atoms with van der Waals surface area (Å²) in [5.41, 5.74) is 0. The van der Waals surface area contributed by atoms with E-state index in [0.29, 0.717) is 0 Å². The first-order valence-corrected chi connectivity index (χ1v) is 5.75. The van der Waals surface area contributed by atoms with E-state index in [1.165, 1.54) is 6.92 Å². The van der Waals surface area contributed by atoms with Crippen LogP contribution in [0.2, 0.25) is 0 Å². The first kappa shape index (κ1) is 30.4. The normalized spacial score (nSPS) is 9.29. The molecule has 0 atom stereocenters. The monoisotopic (exact) mass is 280 g/mol. The van der Waals surface area contributed by atoms with Crippen molar-refractivity contribution in [3.63, 3.8) is 0 Å². The van der Waals surface area contributed by atoms with Crippen LogP contribution in [0.15, 0.2) is 0 Å².